The van der Waals surface area contributed by atoms with E-state index in [4.69, 9.17) is 23.2 Å². The topological polar surface area (TPSA) is 34.9 Å². The van der Waals surface area contributed by atoms with Gasteiger partial charge in [0.05, 0.1) is 16.3 Å². The number of aromatic nitrogens is 2. The van der Waals surface area contributed by atoms with Crippen LogP contribution in [0.15, 0.2) is 18.2 Å². The van der Waals surface area contributed by atoms with Gasteiger partial charge < -0.3 is 0 Å². The summed E-state index contributed by atoms with van der Waals surface area (Å²) in [6, 6.07) is 4.82. The Balaban J connectivity index is 2.50. The van der Waals surface area contributed by atoms with Crippen LogP contribution in [0.2, 0.25) is 10.0 Å². The smallest absolute Gasteiger partial charge is 0.267 e. The maximum Gasteiger partial charge on any atom is 0.279 e. The number of carbonyl (C=O) groups is 1. The molecule has 0 unspecified atom stereocenters. The van der Waals surface area contributed by atoms with Crippen molar-refractivity contribution in [1.29, 1.82) is 0 Å². The number of benzene rings is 1. The molecule has 100 valence electrons. The molecule has 1 aromatic carbocycles. The second-order valence-corrected chi connectivity index (χ2v) is 5.19. The first-order valence-electron chi connectivity index (χ1n) is 6.00. The van der Waals surface area contributed by atoms with Crippen LogP contribution in [0.25, 0.3) is 0 Å². The van der Waals surface area contributed by atoms with Gasteiger partial charge in [-0.05, 0) is 44.0 Å². The van der Waals surface area contributed by atoms with E-state index in [1.165, 1.54) is 4.68 Å². The molecule has 19 heavy (non-hydrogen) atoms. The Morgan fingerprint density at radius 3 is 2.53 bits per heavy atom. The molecule has 0 radical (unpaired) electrons. The van der Waals surface area contributed by atoms with Gasteiger partial charge in [-0.1, -0.05) is 30.1 Å². The fraction of sp³-hybridized carbons (Fsp3) is 0.286. The maximum absolute atomic E-state index is 12.5. The Hall–Kier alpha value is -1.32. The summed E-state index contributed by atoms with van der Waals surface area (Å²) in [7, 11) is 0. The van der Waals surface area contributed by atoms with E-state index < -0.39 is 0 Å². The van der Waals surface area contributed by atoms with Crippen LogP contribution < -0.4 is 0 Å². The van der Waals surface area contributed by atoms with Crippen LogP contribution in [0.4, 0.5) is 0 Å². The normalized spacial score (nSPS) is 10.8. The second kappa shape index (κ2) is 5.35. The summed E-state index contributed by atoms with van der Waals surface area (Å²) in [6.07, 6.45) is 0.847. The molecule has 0 N–H and O–H groups in total. The highest BCUT2D eigenvalue weighted by atomic mass is 35.5. The molecule has 0 spiro atoms. The third-order valence-corrected chi connectivity index (χ3v) is 3.70. The van der Waals surface area contributed by atoms with E-state index in [1.807, 2.05) is 20.8 Å². The van der Waals surface area contributed by atoms with E-state index in [0.29, 0.717) is 15.6 Å². The van der Waals surface area contributed by atoms with Gasteiger partial charge in [0.25, 0.3) is 5.91 Å². The van der Waals surface area contributed by atoms with Crippen molar-refractivity contribution in [1.82, 2.24) is 9.78 Å². The molecular weight excluding hydrogens is 283 g/mol. The maximum atomic E-state index is 12.5. The van der Waals surface area contributed by atoms with Gasteiger partial charge in [0.15, 0.2) is 0 Å². The first-order valence-corrected chi connectivity index (χ1v) is 6.76. The lowest BCUT2D eigenvalue weighted by Crippen LogP contribution is -2.16. The summed E-state index contributed by atoms with van der Waals surface area (Å²) in [5, 5.41) is 5.14. The molecule has 0 fully saturated rings. The van der Waals surface area contributed by atoms with Crippen LogP contribution in [0.3, 0.4) is 0 Å². The van der Waals surface area contributed by atoms with Gasteiger partial charge in [0, 0.05) is 10.7 Å². The molecule has 0 aliphatic heterocycles. The third-order valence-electron chi connectivity index (χ3n) is 3.15. The first-order chi connectivity index (χ1) is 8.95. The van der Waals surface area contributed by atoms with Gasteiger partial charge in [-0.3, -0.25) is 4.79 Å². The minimum atomic E-state index is -0.234. The van der Waals surface area contributed by atoms with Gasteiger partial charge in [0.2, 0.25) is 0 Å². The van der Waals surface area contributed by atoms with E-state index in [1.54, 1.807) is 18.2 Å². The molecule has 0 saturated carbocycles. The van der Waals surface area contributed by atoms with Crippen molar-refractivity contribution >= 4 is 29.1 Å². The van der Waals surface area contributed by atoms with Gasteiger partial charge in [-0.2, -0.15) is 5.10 Å². The molecule has 2 rings (SSSR count). The molecule has 0 atom stereocenters. The Bertz CT molecular complexity index is 647. The van der Waals surface area contributed by atoms with E-state index >= 15 is 0 Å². The summed E-state index contributed by atoms with van der Waals surface area (Å²) in [6.45, 7) is 5.83. The van der Waals surface area contributed by atoms with Crippen LogP contribution in [0, 0.1) is 13.8 Å². The van der Waals surface area contributed by atoms with Gasteiger partial charge in [-0.15, -0.1) is 0 Å². The quantitative estimate of drug-likeness (QED) is 0.838. The molecule has 0 aliphatic carbocycles. The van der Waals surface area contributed by atoms with Crippen LogP contribution in [0.1, 0.15) is 34.2 Å². The monoisotopic (exact) mass is 296 g/mol. The summed E-state index contributed by atoms with van der Waals surface area (Å²) in [4.78, 5) is 12.5. The Morgan fingerprint density at radius 2 is 2.00 bits per heavy atom. The van der Waals surface area contributed by atoms with Gasteiger partial charge in [-0.25, -0.2) is 4.68 Å². The molecule has 2 aromatic rings. The van der Waals surface area contributed by atoms with Crippen LogP contribution >= 0.6 is 23.2 Å². The lowest BCUT2D eigenvalue weighted by atomic mass is 10.1. The highest BCUT2D eigenvalue weighted by Crippen LogP contribution is 2.23. The zero-order valence-corrected chi connectivity index (χ0v) is 12.5. The van der Waals surface area contributed by atoms with Gasteiger partial charge >= 0.3 is 0 Å². The van der Waals surface area contributed by atoms with Crippen molar-refractivity contribution in [2.75, 3.05) is 0 Å². The summed E-state index contributed by atoms with van der Waals surface area (Å²) >= 11 is 11.9. The summed E-state index contributed by atoms with van der Waals surface area (Å²) < 4.78 is 1.41. The molecule has 0 bridgehead atoms. The Morgan fingerprint density at radius 1 is 1.32 bits per heavy atom. The Kier molecular flexibility index (Phi) is 3.97. The van der Waals surface area contributed by atoms with E-state index in [2.05, 4.69) is 5.10 Å². The number of hydrogen-bond donors (Lipinski definition) is 0. The fourth-order valence-electron chi connectivity index (χ4n) is 2.16. The first kappa shape index (κ1) is 14.1. The van der Waals surface area contributed by atoms with Crippen LogP contribution in [-0.2, 0) is 6.42 Å². The molecule has 3 nitrogen and oxygen atoms in total. The lowest BCUT2D eigenvalue weighted by Gasteiger charge is -2.06. The minimum absolute atomic E-state index is 0.234. The zero-order valence-electron chi connectivity index (χ0n) is 11.0. The zero-order chi connectivity index (χ0) is 14.2. The predicted octanol–water partition coefficient (Wildman–Crippen LogP) is 4.06. The molecule has 5 heteroatoms. The van der Waals surface area contributed by atoms with E-state index in [-0.39, 0.29) is 5.91 Å². The number of aryl methyl sites for hydroxylation is 1. The third kappa shape index (κ3) is 2.53. The van der Waals surface area contributed by atoms with E-state index in [9.17, 15) is 4.79 Å². The van der Waals surface area contributed by atoms with Crippen molar-refractivity contribution in [3.05, 3.63) is 50.8 Å². The fourth-order valence-corrected chi connectivity index (χ4v) is 2.65. The summed E-state index contributed by atoms with van der Waals surface area (Å²) in [5.74, 6) is -0.234. The molecule has 0 amide bonds. The minimum Gasteiger partial charge on any atom is -0.267 e. The average Bonchev–Trinajstić information content (AvgIpc) is 2.63. The second-order valence-electron chi connectivity index (χ2n) is 4.34. The number of nitrogens with zero attached hydrogens (tertiary/aromatic N) is 2. The van der Waals surface area contributed by atoms with Crippen molar-refractivity contribution < 1.29 is 4.79 Å². The highest BCUT2D eigenvalue weighted by Gasteiger charge is 2.19. The molecule has 0 aliphatic rings. The molecule has 0 saturated heterocycles. The van der Waals surface area contributed by atoms with Crippen molar-refractivity contribution in [2.24, 2.45) is 0 Å². The van der Waals surface area contributed by atoms with Crippen molar-refractivity contribution in [2.45, 2.75) is 27.2 Å². The van der Waals surface area contributed by atoms with Crippen LogP contribution in [0.5, 0.6) is 0 Å². The Labute approximate surface area is 122 Å². The van der Waals surface area contributed by atoms with Gasteiger partial charge in [0.1, 0.15) is 0 Å². The molecule has 1 heterocycles. The predicted molar refractivity (Wildman–Crippen MR) is 77.3 cm³/mol. The van der Waals surface area contributed by atoms with Crippen LogP contribution in [-0.4, -0.2) is 15.7 Å². The number of rotatable bonds is 2. The largest absolute Gasteiger partial charge is 0.279 e. The van der Waals surface area contributed by atoms with E-state index in [0.717, 1.165) is 23.4 Å². The number of halogens is 2. The van der Waals surface area contributed by atoms with Crippen molar-refractivity contribution in [3.63, 3.8) is 0 Å². The SMILES string of the molecule is CCc1c(C)nn(C(=O)c2ccc(Cl)cc2Cl)c1C. The molecule has 1 aromatic heterocycles. The number of carbonyl (C=O) groups excluding carboxylic acids is 1. The molecular formula is C14H14Cl2N2O. The highest BCUT2D eigenvalue weighted by molar-refractivity contribution is 6.36. The number of hydrogen-bond acceptors (Lipinski definition) is 2. The average molecular weight is 297 g/mol. The lowest BCUT2D eigenvalue weighted by molar-refractivity contribution is 0.0942. The summed E-state index contributed by atoms with van der Waals surface area (Å²) in [5.41, 5.74) is 3.23. The van der Waals surface area contributed by atoms with Crippen molar-refractivity contribution in [3.8, 4) is 0 Å². The standard InChI is InChI=1S/C14H14Cl2N2O/c1-4-11-8(2)17-18(9(11)3)14(19)12-6-5-10(15)7-13(12)16/h5-7H,4H2,1-3H3.